The highest BCUT2D eigenvalue weighted by Crippen LogP contribution is 2.25. The lowest BCUT2D eigenvalue weighted by atomic mass is 10.0. The summed E-state index contributed by atoms with van der Waals surface area (Å²) < 4.78 is 5.68. The minimum atomic E-state index is 0.180. The van der Waals surface area contributed by atoms with E-state index in [1.54, 1.807) is 0 Å². The number of aliphatic hydroxyl groups is 1. The first kappa shape index (κ1) is 11.4. The van der Waals surface area contributed by atoms with Gasteiger partial charge in [0.15, 0.2) is 0 Å². The van der Waals surface area contributed by atoms with Gasteiger partial charge >= 0.3 is 0 Å². The standard InChI is InChI=1S/C14H18O2/c15-9-13-7-4-8-14(13)11-16-10-12-5-2-1-3-6-12/h1-3,5-7,14-15H,4,8-11H2/t14-/m0/s1. The van der Waals surface area contributed by atoms with Crippen molar-refractivity contribution >= 4 is 0 Å². The molecule has 1 aromatic carbocycles. The van der Waals surface area contributed by atoms with E-state index in [1.165, 1.54) is 5.56 Å². The van der Waals surface area contributed by atoms with E-state index in [2.05, 4.69) is 18.2 Å². The molecule has 1 aliphatic carbocycles. The summed E-state index contributed by atoms with van der Waals surface area (Å²) in [6.07, 6.45) is 4.33. The Hall–Kier alpha value is -1.12. The van der Waals surface area contributed by atoms with Crippen LogP contribution in [0.25, 0.3) is 0 Å². The lowest BCUT2D eigenvalue weighted by Gasteiger charge is -2.13. The molecule has 0 saturated heterocycles. The van der Waals surface area contributed by atoms with Gasteiger partial charge in [-0.3, -0.25) is 0 Å². The second-order valence-electron chi connectivity index (χ2n) is 4.21. The number of aliphatic hydroxyl groups excluding tert-OH is 1. The quantitative estimate of drug-likeness (QED) is 0.769. The van der Waals surface area contributed by atoms with Crippen molar-refractivity contribution in [2.24, 2.45) is 5.92 Å². The molecule has 2 heteroatoms. The van der Waals surface area contributed by atoms with Gasteiger partial charge in [-0.2, -0.15) is 0 Å². The van der Waals surface area contributed by atoms with E-state index < -0.39 is 0 Å². The molecule has 0 aromatic heterocycles. The van der Waals surface area contributed by atoms with Gasteiger partial charge in [0.05, 0.1) is 19.8 Å². The summed E-state index contributed by atoms with van der Waals surface area (Å²) in [7, 11) is 0. The van der Waals surface area contributed by atoms with Crippen molar-refractivity contribution in [1.29, 1.82) is 0 Å². The summed E-state index contributed by atoms with van der Waals surface area (Å²) in [5.74, 6) is 0.425. The van der Waals surface area contributed by atoms with Crippen LogP contribution in [0.15, 0.2) is 42.0 Å². The largest absolute Gasteiger partial charge is 0.392 e. The number of rotatable bonds is 5. The Kier molecular flexibility index (Phi) is 4.14. The zero-order valence-electron chi connectivity index (χ0n) is 9.43. The fraction of sp³-hybridized carbons (Fsp3) is 0.429. The van der Waals surface area contributed by atoms with Gasteiger partial charge in [-0.1, -0.05) is 36.4 Å². The Balaban J connectivity index is 1.75. The van der Waals surface area contributed by atoms with Gasteiger partial charge in [0, 0.05) is 5.92 Å². The number of benzene rings is 1. The van der Waals surface area contributed by atoms with Crippen LogP contribution in [0.4, 0.5) is 0 Å². The van der Waals surface area contributed by atoms with Gasteiger partial charge < -0.3 is 9.84 Å². The van der Waals surface area contributed by atoms with Crippen LogP contribution in [-0.4, -0.2) is 18.3 Å². The van der Waals surface area contributed by atoms with Gasteiger partial charge in [0.25, 0.3) is 0 Å². The van der Waals surface area contributed by atoms with Crippen molar-refractivity contribution in [2.45, 2.75) is 19.4 Å². The summed E-state index contributed by atoms with van der Waals surface area (Å²) in [6.45, 7) is 1.57. The van der Waals surface area contributed by atoms with Gasteiger partial charge in [0.1, 0.15) is 0 Å². The van der Waals surface area contributed by atoms with Crippen molar-refractivity contribution < 1.29 is 9.84 Å². The van der Waals surface area contributed by atoms with E-state index in [4.69, 9.17) is 9.84 Å². The number of hydrogen-bond acceptors (Lipinski definition) is 2. The van der Waals surface area contributed by atoms with Crippen molar-refractivity contribution in [3.63, 3.8) is 0 Å². The molecule has 0 saturated carbocycles. The summed E-state index contributed by atoms with van der Waals surface area (Å²) in [6, 6.07) is 10.2. The SMILES string of the molecule is OCC1=CCC[C@H]1COCc1ccccc1. The van der Waals surface area contributed by atoms with E-state index >= 15 is 0 Å². The average Bonchev–Trinajstić information content (AvgIpc) is 2.78. The molecule has 1 aliphatic rings. The maximum Gasteiger partial charge on any atom is 0.0717 e. The van der Waals surface area contributed by atoms with Crippen LogP contribution in [-0.2, 0) is 11.3 Å². The predicted molar refractivity (Wildman–Crippen MR) is 64.0 cm³/mol. The van der Waals surface area contributed by atoms with E-state index in [0.29, 0.717) is 12.5 Å². The van der Waals surface area contributed by atoms with Crippen molar-refractivity contribution in [3.05, 3.63) is 47.5 Å². The Labute approximate surface area is 96.6 Å². The molecular formula is C14H18O2. The van der Waals surface area contributed by atoms with E-state index in [0.717, 1.165) is 25.0 Å². The van der Waals surface area contributed by atoms with Gasteiger partial charge in [0.2, 0.25) is 0 Å². The third kappa shape index (κ3) is 2.94. The summed E-state index contributed by atoms with van der Waals surface area (Å²) in [5, 5.41) is 9.13. The normalized spacial score (nSPS) is 19.8. The van der Waals surface area contributed by atoms with Crippen LogP contribution in [0, 0.1) is 5.92 Å². The highest BCUT2D eigenvalue weighted by Gasteiger charge is 2.18. The Bertz CT molecular complexity index is 343. The summed E-state index contributed by atoms with van der Waals surface area (Å²) >= 11 is 0. The first-order valence-electron chi connectivity index (χ1n) is 5.81. The molecule has 0 bridgehead atoms. The lowest BCUT2D eigenvalue weighted by molar-refractivity contribution is 0.0936. The first-order valence-corrected chi connectivity index (χ1v) is 5.81. The monoisotopic (exact) mass is 218 g/mol. The van der Waals surface area contributed by atoms with Crippen LogP contribution in [0.3, 0.4) is 0 Å². The van der Waals surface area contributed by atoms with Crippen LogP contribution in [0.1, 0.15) is 18.4 Å². The summed E-state index contributed by atoms with van der Waals surface area (Å²) in [5.41, 5.74) is 2.35. The highest BCUT2D eigenvalue weighted by molar-refractivity contribution is 5.14. The predicted octanol–water partition coefficient (Wildman–Crippen LogP) is 2.53. The topological polar surface area (TPSA) is 29.5 Å². The molecule has 2 nitrogen and oxygen atoms in total. The first-order chi connectivity index (χ1) is 7.90. The molecule has 0 spiro atoms. The number of hydrogen-bond donors (Lipinski definition) is 1. The van der Waals surface area contributed by atoms with Gasteiger partial charge in [-0.25, -0.2) is 0 Å². The van der Waals surface area contributed by atoms with Crippen LogP contribution in [0.5, 0.6) is 0 Å². The van der Waals surface area contributed by atoms with Crippen LogP contribution >= 0.6 is 0 Å². The minimum Gasteiger partial charge on any atom is -0.392 e. The summed E-state index contributed by atoms with van der Waals surface area (Å²) in [4.78, 5) is 0. The van der Waals surface area contributed by atoms with Crippen LogP contribution in [0.2, 0.25) is 0 Å². The maximum atomic E-state index is 9.13. The van der Waals surface area contributed by atoms with Crippen molar-refractivity contribution in [2.75, 3.05) is 13.2 Å². The zero-order valence-corrected chi connectivity index (χ0v) is 9.43. The molecule has 0 heterocycles. The molecular weight excluding hydrogens is 200 g/mol. The molecule has 2 rings (SSSR count). The van der Waals surface area contributed by atoms with Crippen LogP contribution < -0.4 is 0 Å². The van der Waals surface area contributed by atoms with E-state index in [9.17, 15) is 0 Å². The molecule has 86 valence electrons. The fourth-order valence-electron chi connectivity index (χ4n) is 2.10. The second kappa shape index (κ2) is 5.83. The number of allylic oxidation sites excluding steroid dienone is 1. The minimum absolute atomic E-state index is 0.180. The molecule has 1 aromatic rings. The molecule has 0 unspecified atom stereocenters. The molecule has 0 amide bonds. The molecule has 16 heavy (non-hydrogen) atoms. The van der Waals surface area contributed by atoms with E-state index in [1.807, 2.05) is 18.2 Å². The Morgan fingerprint density at radius 3 is 2.81 bits per heavy atom. The zero-order chi connectivity index (χ0) is 11.2. The van der Waals surface area contributed by atoms with Gasteiger partial charge in [-0.05, 0) is 24.0 Å². The molecule has 0 radical (unpaired) electrons. The van der Waals surface area contributed by atoms with Crippen molar-refractivity contribution in [1.82, 2.24) is 0 Å². The number of ether oxygens (including phenoxy) is 1. The molecule has 0 aliphatic heterocycles. The Morgan fingerprint density at radius 2 is 2.06 bits per heavy atom. The molecule has 1 atom stereocenters. The molecule has 0 fully saturated rings. The smallest absolute Gasteiger partial charge is 0.0717 e. The maximum absolute atomic E-state index is 9.13. The average molecular weight is 218 g/mol. The fourth-order valence-corrected chi connectivity index (χ4v) is 2.10. The highest BCUT2D eigenvalue weighted by atomic mass is 16.5. The third-order valence-electron chi connectivity index (χ3n) is 3.06. The second-order valence-corrected chi connectivity index (χ2v) is 4.21. The van der Waals surface area contributed by atoms with E-state index in [-0.39, 0.29) is 6.61 Å². The van der Waals surface area contributed by atoms with Crippen molar-refractivity contribution in [3.8, 4) is 0 Å². The third-order valence-corrected chi connectivity index (χ3v) is 3.06. The molecule has 1 N–H and O–H groups in total. The van der Waals surface area contributed by atoms with Gasteiger partial charge in [-0.15, -0.1) is 0 Å². The Morgan fingerprint density at radius 1 is 1.25 bits per heavy atom. The lowest BCUT2D eigenvalue weighted by Crippen LogP contribution is -2.11.